The van der Waals surface area contributed by atoms with E-state index in [1.165, 1.54) is 64.2 Å². The first-order chi connectivity index (χ1) is 10.7. The summed E-state index contributed by atoms with van der Waals surface area (Å²) in [6.45, 7) is 6.79. The van der Waals surface area contributed by atoms with Crippen LogP contribution >= 0.6 is 44.8 Å². The molecule has 0 saturated carbocycles. The molecule has 0 bridgehead atoms. The molecule has 0 heterocycles. The summed E-state index contributed by atoms with van der Waals surface area (Å²) in [5.74, 6) is 1.95. The first-order valence-electron chi connectivity index (χ1n) is 9.22. The topological polar surface area (TPSA) is 0 Å². The van der Waals surface area contributed by atoms with E-state index in [2.05, 4.69) is 20.8 Å². The van der Waals surface area contributed by atoms with Crippen molar-refractivity contribution < 1.29 is 0 Å². The van der Waals surface area contributed by atoms with Crippen molar-refractivity contribution in [3.8, 4) is 0 Å². The van der Waals surface area contributed by atoms with Crippen LogP contribution in [0.15, 0.2) is 0 Å². The maximum absolute atomic E-state index is 6.11. The zero-order valence-corrected chi connectivity index (χ0v) is 17.9. The molecular weight excluding hydrogens is 351 g/mol. The van der Waals surface area contributed by atoms with Crippen LogP contribution in [0, 0.1) is 5.92 Å². The van der Waals surface area contributed by atoms with Gasteiger partial charge in [0.25, 0.3) is 0 Å². The smallest absolute Gasteiger partial charge is 0.105 e. The highest BCUT2D eigenvalue weighted by Gasteiger charge is 2.24. The Labute approximate surface area is 157 Å². The molecule has 0 radical (unpaired) electrons. The number of hydrogen-bond acceptors (Lipinski definition) is 2. The van der Waals surface area contributed by atoms with Gasteiger partial charge in [-0.05, 0) is 25.2 Å². The minimum atomic E-state index is -0.219. The first-order valence-corrected chi connectivity index (χ1v) is 12.5. The zero-order chi connectivity index (χ0) is 16.6. The van der Waals surface area contributed by atoms with E-state index in [9.17, 15) is 0 Å². The van der Waals surface area contributed by atoms with E-state index in [-0.39, 0.29) is 4.84 Å². The maximum atomic E-state index is 6.11. The fourth-order valence-corrected chi connectivity index (χ4v) is 6.07. The number of halogens is 2. The van der Waals surface area contributed by atoms with Gasteiger partial charge in [-0.25, -0.2) is 0 Å². The van der Waals surface area contributed by atoms with Crippen LogP contribution in [-0.2, 0) is 0 Å². The van der Waals surface area contributed by atoms with Crippen LogP contribution in [-0.4, -0.2) is 15.8 Å². The van der Waals surface area contributed by atoms with E-state index < -0.39 is 0 Å². The van der Waals surface area contributed by atoms with Crippen molar-refractivity contribution in [2.24, 2.45) is 5.92 Å². The summed E-state index contributed by atoms with van der Waals surface area (Å²) in [6.07, 6.45) is 14.5. The van der Waals surface area contributed by atoms with Gasteiger partial charge in [0, 0.05) is 11.0 Å². The maximum Gasteiger partial charge on any atom is 0.108 e. The van der Waals surface area contributed by atoms with Gasteiger partial charge in [0.05, 0.1) is 0 Å². The van der Waals surface area contributed by atoms with Crippen molar-refractivity contribution in [2.45, 2.75) is 101 Å². The van der Waals surface area contributed by atoms with E-state index in [1.807, 2.05) is 21.6 Å². The van der Waals surface area contributed by atoms with Gasteiger partial charge in [-0.15, -0.1) is 23.2 Å². The second kappa shape index (κ2) is 17.1. The van der Waals surface area contributed by atoms with E-state index in [4.69, 9.17) is 23.2 Å². The average molecular weight is 388 g/mol. The molecule has 22 heavy (non-hydrogen) atoms. The average Bonchev–Trinajstić information content (AvgIpc) is 2.49. The lowest BCUT2D eigenvalue weighted by Gasteiger charge is -2.27. The molecular formula is C18H36Cl2S2. The number of hydrogen-bond donors (Lipinski definition) is 0. The van der Waals surface area contributed by atoms with Crippen LogP contribution in [0.2, 0.25) is 0 Å². The van der Waals surface area contributed by atoms with Crippen molar-refractivity contribution in [3.05, 3.63) is 0 Å². The first kappa shape index (κ1) is 23.3. The lowest BCUT2D eigenvalue weighted by atomic mass is 9.90. The van der Waals surface area contributed by atoms with Crippen LogP contribution < -0.4 is 0 Å². The van der Waals surface area contributed by atoms with Crippen LogP contribution in [0.1, 0.15) is 91.4 Å². The summed E-state index contributed by atoms with van der Waals surface area (Å²) in [6, 6.07) is 0. The summed E-state index contributed by atoms with van der Waals surface area (Å²) in [5, 5.41) is 0.619. The summed E-state index contributed by atoms with van der Waals surface area (Å²) in [4.78, 5) is -0.219. The third-order valence-corrected chi connectivity index (χ3v) is 7.51. The number of alkyl halides is 2. The highest BCUT2D eigenvalue weighted by molar-refractivity contribution is 8.76. The zero-order valence-electron chi connectivity index (χ0n) is 14.8. The molecule has 0 nitrogen and oxygen atoms in total. The molecule has 134 valence electrons. The molecule has 0 rings (SSSR count). The summed E-state index contributed by atoms with van der Waals surface area (Å²) in [7, 11) is 4.01. The lowest BCUT2D eigenvalue weighted by Crippen LogP contribution is -2.19. The molecule has 0 fully saturated rings. The van der Waals surface area contributed by atoms with Crippen LogP contribution in [0.3, 0.4) is 0 Å². The van der Waals surface area contributed by atoms with Crippen molar-refractivity contribution in [1.29, 1.82) is 0 Å². The third kappa shape index (κ3) is 13.7. The highest BCUT2D eigenvalue weighted by Crippen LogP contribution is 2.39. The fourth-order valence-electron chi connectivity index (χ4n) is 2.82. The largest absolute Gasteiger partial charge is 0.108 e. The minimum absolute atomic E-state index is 0.219. The summed E-state index contributed by atoms with van der Waals surface area (Å²) < 4.78 is 0. The summed E-state index contributed by atoms with van der Waals surface area (Å²) >= 11 is 12.2. The van der Waals surface area contributed by atoms with Gasteiger partial charge in [-0.2, -0.15) is 0 Å². The molecule has 0 amide bonds. The number of rotatable bonds is 16. The molecule has 0 unspecified atom stereocenters. The predicted octanol–water partition coefficient (Wildman–Crippen LogP) is 8.51. The lowest BCUT2D eigenvalue weighted by molar-refractivity contribution is 0.388. The molecule has 0 aromatic heterocycles. The standard InChI is InChI=1S/C18H36Cl2S2/c1-4-7-9-11-13-16(14-12-10-8-5-2)17(15-18(19)20)22-21-6-3/h16-18H,4-15H2,1-3H3/t17-/m0/s1. The molecule has 0 aromatic carbocycles. The molecule has 0 aliphatic carbocycles. The Morgan fingerprint density at radius 1 is 0.773 bits per heavy atom. The van der Waals surface area contributed by atoms with Gasteiger partial charge in [0.1, 0.15) is 4.84 Å². The van der Waals surface area contributed by atoms with Gasteiger partial charge >= 0.3 is 0 Å². The Morgan fingerprint density at radius 3 is 1.73 bits per heavy atom. The molecule has 0 aliphatic heterocycles. The second-order valence-electron chi connectivity index (χ2n) is 6.13. The minimum Gasteiger partial charge on any atom is -0.105 e. The second-order valence-corrected chi connectivity index (χ2v) is 10.3. The van der Waals surface area contributed by atoms with E-state index in [0.29, 0.717) is 5.25 Å². The van der Waals surface area contributed by atoms with Gasteiger partial charge in [-0.3, -0.25) is 0 Å². The van der Waals surface area contributed by atoms with Gasteiger partial charge < -0.3 is 0 Å². The Morgan fingerprint density at radius 2 is 1.32 bits per heavy atom. The number of unbranched alkanes of at least 4 members (excludes halogenated alkanes) is 6. The molecule has 1 atom stereocenters. The van der Waals surface area contributed by atoms with Crippen molar-refractivity contribution in [2.75, 3.05) is 5.75 Å². The van der Waals surface area contributed by atoms with Gasteiger partial charge in [0.15, 0.2) is 0 Å². The molecule has 0 saturated heterocycles. The Bertz CT molecular complexity index is 213. The van der Waals surface area contributed by atoms with Crippen LogP contribution in [0.4, 0.5) is 0 Å². The van der Waals surface area contributed by atoms with E-state index >= 15 is 0 Å². The summed E-state index contributed by atoms with van der Waals surface area (Å²) in [5.41, 5.74) is 0. The van der Waals surface area contributed by atoms with Crippen molar-refractivity contribution in [3.63, 3.8) is 0 Å². The molecule has 0 aromatic rings. The highest BCUT2D eigenvalue weighted by atomic mass is 35.5. The quantitative estimate of drug-likeness (QED) is 0.148. The Hall–Kier alpha value is 1.28. The Kier molecular flexibility index (Phi) is 18.1. The van der Waals surface area contributed by atoms with Gasteiger partial charge in [0.2, 0.25) is 0 Å². The third-order valence-electron chi connectivity index (χ3n) is 4.10. The van der Waals surface area contributed by atoms with Crippen molar-refractivity contribution >= 4 is 44.8 Å². The fraction of sp³-hybridized carbons (Fsp3) is 1.00. The SMILES string of the molecule is CCCCCCC(CCCCCC)[C@H](CC(Cl)Cl)SSCC. The van der Waals surface area contributed by atoms with Gasteiger partial charge in [-0.1, -0.05) is 93.7 Å². The predicted molar refractivity (Wildman–Crippen MR) is 111 cm³/mol. The normalized spacial score (nSPS) is 13.2. The molecule has 4 heteroatoms. The molecule has 0 aliphatic rings. The van der Waals surface area contributed by atoms with Crippen LogP contribution in [0.25, 0.3) is 0 Å². The van der Waals surface area contributed by atoms with Crippen molar-refractivity contribution in [1.82, 2.24) is 0 Å². The van der Waals surface area contributed by atoms with E-state index in [0.717, 1.165) is 18.1 Å². The Balaban J connectivity index is 4.41. The molecule has 0 spiro atoms. The van der Waals surface area contributed by atoms with Crippen LogP contribution in [0.5, 0.6) is 0 Å². The van der Waals surface area contributed by atoms with E-state index in [1.54, 1.807) is 0 Å². The molecule has 0 N–H and O–H groups in total. The monoisotopic (exact) mass is 386 g/mol.